The molecule has 1 radical (unpaired) electrons. The summed E-state index contributed by atoms with van der Waals surface area (Å²) in [5.74, 6) is -0.0421. The number of hydrogen-bond donors (Lipinski definition) is 0. The van der Waals surface area contributed by atoms with Crippen LogP contribution < -0.4 is 0 Å². The van der Waals surface area contributed by atoms with Crippen molar-refractivity contribution in [3.8, 4) is 0 Å². The number of rotatable bonds is 3. The lowest BCUT2D eigenvalue weighted by atomic mass is 10.2. The summed E-state index contributed by atoms with van der Waals surface area (Å²) >= 11 is 0. The molecule has 0 fully saturated rings. The van der Waals surface area contributed by atoms with E-state index in [9.17, 15) is 8.42 Å². The minimum absolute atomic E-state index is 0.0421. The van der Waals surface area contributed by atoms with Gasteiger partial charge in [-0.15, -0.1) is 6.58 Å². The van der Waals surface area contributed by atoms with Crippen LogP contribution >= 0.6 is 0 Å². The zero-order chi connectivity index (χ0) is 9.90. The lowest BCUT2D eigenvalue weighted by Crippen LogP contribution is -2.05. The van der Waals surface area contributed by atoms with Gasteiger partial charge >= 0.3 is 0 Å². The zero-order valence-corrected chi connectivity index (χ0v) is 8.05. The van der Waals surface area contributed by atoms with Crippen molar-refractivity contribution in [3.05, 3.63) is 49.4 Å². The highest BCUT2D eigenvalue weighted by Crippen LogP contribution is 2.15. The summed E-state index contributed by atoms with van der Waals surface area (Å²) in [6, 6.07) is 6.68. The van der Waals surface area contributed by atoms with Gasteiger partial charge in [-0.3, -0.25) is 0 Å². The van der Waals surface area contributed by atoms with Gasteiger partial charge in [0.05, 0.1) is 10.6 Å². The lowest BCUT2D eigenvalue weighted by molar-refractivity contribution is 0.598. The molecule has 0 aromatic heterocycles. The molecule has 0 bridgehead atoms. The molecule has 0 saturated carbocycles. The fourth-order valence-electron chi connectivity index (χ4n) is 1.05. The van der Waals surface area contributed by atoms with E-state index in [0.29, 0.717) is 5.56 Å². The SMILES string of the molecule is [CH2]c1ccccc1S(=O)(=O)CC=C. The van der Waals surface area contributed by atoms with E-state index in [2.05, 4.69) is 13.5 Å². The van der Waals surface area contributed by atoms with E-state index in [1.807, 2.05) is 0 Å². The van der Waals surface area contributed by atoms with Crippen molar-refractivity contribution in [2.75, 3.05) is 5.75 Å². The molecule has 0 aliphatic carbocycles. The van der Waals surface area contributed by atoms with Crippen LogP contribution in [-0.4, -0.2) is 14.2 Å². The first kappa shape index (κ1) is 9.99. The van der Waals surface area contributed by atoms with Crippen LogP contribution in [0.25, 0.3) is 0 Å². The molecule has 0 unspecified atom stereocenters. The Balaban J connectivity index is 3.22. The normalized spacial score (nSPS) is 11.2. The molecule has 1 aromatic rings. The van der Waals surface area contributed by atoms with Crippen molar-refractivity contribution >= 4 is 9.84 Å². The maximum absolute atomic E-state index is 11.5. The average molecular weight is 195 g/mol. The molecule has 2 nitrogen and oxygen atoms in total. The summed E-state index contributed by atoms with van der Waals surface area (Å²) in [6.45, 7) is 7.06. The topological polar surface area (TPSA) is 34.1 Å². The summed E-state index contributed by atoms with van der Waals surface area (Å²) < 4.78 is 23.1. The molecular weight excluding hydrogens is 184 g/mol. The van der Waals surface area contributed by atoms with Gasteiger partial charge in [-0.25, -0.2) is 8.42 Å². The fraction of sp³-hybridized carbons (Fsp3) is 0.100. The molecule has 0 heterocycles. The first-order valence-corrected chi connectivity index (χ1v) is 5.48. The van der Waals surface area contributed by atoms with E-state index >= 15 is 0 Å². The Morgan fingerprint density at radius 2 is 1.92 bits per heavy atom. The third-order valence-corrected chi connectivity index (χ3v) is 3.39. The summed E-state index contributed by atoms with van der Waals surface area (Å²) in [4.78, 5) is 0.287. The third-order valence-electron chi connectivity index (χ3n) is 1.64. The summed E-state index contributed by atoms with van der Waals surface area (Å²) in [7, 11) is -3.22. The van der Waals surface area contributed by atoms with Crippen molar-refractivity contribution in [2.24, 2.45) is 0 Å². The molecule has 0 atom stereocenters. The highest BCUT2D eigenvalue weighted by molar-refractivity contribution is 7.91. The van der Waals surface area contributed by atoms with Crippen LogP contribution in [0.1, 0.15) is 5.56 Å². The molecule has 0 amide bonds. The molecule has 0 aliphatic rings. The van der Waals surface area contributed by atoms with Crippen molar-refractivity contribution in [1.82, 2.24) is 0 Å². The third kappa shape index (κ3) is 2.18. The van der Waals surface area contributed by atoms with Crippen LogP contribution in [0.15, 0.2) is 41.8 Å². The van der Waals surface area contributed by atoms with E-state index < -0.39 is 9.84 Å². The van der Waals surface area contributed by atoms with Crippen molar-refractivity contribution in [1.29, 1.82) is 0 Å². The number of sulfone groups is 1. The van der Waals surface area contributed by atoms with E-state index in [0.717, 1.165) is 0 Å². The number of benzene rings is 1. The Labute approximate surface area is 78.8 Å². The van der Waals surface area contributed by atoms with Gasteiger partial charge < -0.3 is 0 Å². The monoisotopic (exact) mass is 195 g/mol. The van der Waals surface area contributed by atoms with Crippen molar-refractivity contribution in [2.45, 2.75) is 4.90 Å². The summed E-state index contributed by atoms with van der Waals surface area (Å²) in [5, 5.41) is 0. The van der Waals surface area contributed by atoms with Crippen LogP contribution in [0, 0.1) is 6.92 Å². The van der Waals surface area contributed by atoms with Gasteiger partial charge in [0, 0.05) is 0 Å². The fourth-order valence-corrected chi connectivity index (χ4v) is 2.30. The average Bonchev–Trinajstić information content (AvgIpc) is 2.04. The highest BCUT2D eigenvalue weighted by Gasteiger charge is 2.13. The van der Waals surface area contributed by atoms with E-state index in [1.165, 1.54) is 6.08 Å². The minimum Gasteiger partial charge on any atom is -0.223 e. The smallest absolute Gasteiger partial charge is 0.182 e. The second-order valence-electron chi connectivity index (χ2n) is 2.68. The van der Waals surface area contributed by atoms with Gasteiger partial charge in [-0.2, -0.15) is 0 Å². The summed E-state index contributed by atoms with van der Waals surface area (Å²) in [6.07, 6.45) is 1.38. The Hall–Kier alpha value is -1.09. The van der Waals surface area contributed by atoms with Crippen LogP contribution in [0.3, 0.4) is 0 Å². The predicted octanol–water partition coefficient (Wildman–Crippen LogP) is 1.83. The second-order valence-corrected chi connectivity index (χ2v) is 4.68. The zero-order valence-electron chi connectivity index (χ0n) is 7.23. The maximum Gasteiger partial charge on any atom is 0.182 e. The second kappa shape index (κ2) is 3.75. The molecule has 1 rings (SSSR count). The van der Waals surface area contributed by atoms with Crippen LogP contribution in [0.2, 0.25) is 0 Å². The predicted molar refractivity (Wildman–Crippen MR) is 53.2 cm³/mol. The largest absolute Gasteiger partial charge is 0.223 e. The van der Waals surface area contributed by atoms with Crippen LogP contribution in [0.5, 0.6) is 0 Å². The van der Waals surface area contributed by atoms with Gasteiger partial charge in [0.25, 0.3) is 0 Å². The molecule has 0 spiro atoms. The van der Waals surface area contributed by atoms with Crippen LogP contribution in [0.4, 0.5) is 0 Å². The van der Waals surface area contributed by atoms with Gasteiger partial charge in [0.2, 0.25) is 0 Å². The Kier molecular flexibility index (Phi) is 2.88. The van der Waals surface area contributed by atoms with Gasteiger partial charge in [-0.1, -0.05) is 24.3 Å². The molecule has 0 aliphatic heterocycles. The molecule has 1 aromatic carbocycles. The first-order chi connectivity index (χ1) is 6.08. The first-order valence-electron chi connectivity index (χ1n) is 3.82. The molecule has 13 heavy (non-hydrogen) atoms. The van der Waals surface area contributed by atoms with Crippen molar-refractivity contribution in [3.63, 3.8) is 0 Å². The minimum atomic E-state index is -3.22. The van der Waals surface area contributed by atoms with E-state index in [4.69, 9.17) is 0 Å². The number of hydrogen-bond acceptors (Lipinski definition) is 2. The Morgan fingerprint density at radius 1 is 1.31 bits per heavy atom. The van der Waals surface area contributed by atoms with Crippen LogP contribution in [-0.2, 0) is 9.84 Å². The summed E-state index contributed by atoms with van der Waals surface area (Å²) in [5.41, 5.74) is 0.532. The Morgan fingerprint density at radius 3 is 2.46 bits per heavy atom. The Bertz CT molecular complexity index is 405. The lowest BCUT2D eigenvalue weighted by Gasteiger charge is -2.03. The van der Waals surface area contributed by atoms with Gasteiger partial charge in [0.15, 0.2) is 9.84 Å². The molecule has 0 saturated heterocycles. The molecule has 69 valence electrons. The molecular formula is C10H11O2S. The van der Waals surface area contributed by atoms with E-state index in [1.54, 1.807) is 24.3 Å². The molecule has 0 N–H and O–H groups in total. The van der Waals surface area contributed by atoms with E-state index in [-0.39, 0.29) is 10.6 Å². The highest BCUT2D eigenvalue weighted by atomic mass is 32.2. The van der Waals surface area contributed by atoms with Gasteiger partial charge in [-0.05, 0) is 18.6 Å². The molecule has 3 heteroatoms. The van der Waals surface area contributed by atoms with Crippen molar-refractivity contribution < 1.29 is 8.42 Å². The quantitative estimate of drug-likeness (QED) is 0.689. The maximum atomic E-state index is 11.5. The van der Waals surface area contributed by atoms with Gasteiger partial charge in [0.1, 0.15) is 0 Å². The standard InChI is InChI=1S/C10H11O2S/c1-3-8-13(11,12)10-7-5-4-6-9(10)2/h3-7H,1-2,8H2.